The van der Waals surface area contributed by atoms with Gasteiger partial charge in [0.05, 0.1) is 10.7 Å². The summed E-state index contributed by atoms with van der Waals surface area (Å²) in [6, 6.07) is 10.5. The number of nitrogens with zero attached hydrogens (tertiary/aromatic N) is 2. The van der Waals surface area contributed by atoms with Gasteiger partial charge in [0.2, 0.25) is 0 Å². The van der Waals surface area contributed by atoms with Gasteiger partial charge in [-0.25, -0.2) is 10.8 Å². The van der Waals surface area contributed by atoms with Gasteiger partial charge in [0, 0.05) is 13.0 Å². The van der Waals surface area contributed by atoms with Gasteiger partial charge in [0.25, 0.3) is 5.66 Å². The molecule has 1 aromatic carbocycles. The maximum absolute atomic E-state index is 12.8. The fraction of sp³-hybridized carbons (Fsp3) is 0.591. The zero-order chi connectivity index (χ0) is 19.9. The van der Waals surface area contributed by atoms with E-state index in [0.29, 0.717) is 6.42 Å². The Labute approximate surface area is 167 Å². The maximum Gasteiger partial charge on any atom is 0.299 e. The lowest BCUT2D eigenvalue weighted by Gasteiger charge is -2.38. The molecule has 2 atom stereocenters. The Morgan fingerprint density at radius 1 is 1.30 bits per heavy atom. The maximum atomic E-state index is 12.8. The number of rotatable bonds is 8. The molecule has 0 amide bonds. The monoisotopic (exact) mass is 387 g/mol. The summed E-state index contributed by atoms with van der Waals surface area (Å²) in [5.41, 5.74) is 0.552. The Morgan fingerprint density at radius 2 is 1.93 bits per heavy atom. The highest BCUT2D eigenvalue weighted by molar-refractivity contribution is 7.84. The Kier molecular flexibility index (Phi) is 7.79. The molecule has 1 unspecified atom stereocenters. The lowest BCUT2D eigenvalue weighted by atomic mass is 9.82. The molecular formula is C22H33N3OS. The summed E-state index contributed by atoms with van der Waals surface area (Å²) in [5.74, 6) is 0.202. The van der Waals surface area contributed by atoms with Gasteiger partial charge in [-0.1, -0.05) is 36.4 Å². The minimum absolute atomic E-state index is 0.202. The first kappa shape index (κ1) is 21.8. The molecule has 0 aromatic heterocycles. The minimum atomic E-state index is -1.26. The number of piperidine rings is 1. The Morgan fingerprint density at radius 3 is 2.44 bits per heavy atom. The van der Waals surface area contributed by atoms with E-state index >= 15 is 0 Å². The van der Waals surface area contributed by atoms with Crippen molar-refractivity contribution in [2.24, 2.45) is 5.92 Å². The molecule has 4 nitrogen and oxygen atoms in total. The lowest BCUT2D eigenvalue weighted by Crippen LogP contribution is -2.55. The molecule has 2 rings (SSSR count). The van der Waals surface area contributed by atoms with Crippen LogP contribution in [0.2, 0.25) is 0 Å². The van der Waals surface area contributed by atoms with Crippen molar-refractivity contribution < 1.29 is 4.21 Å². The van der Waals surface area contributed by atoms with Crippen molar-refractivity contribution in [2.75, 3.05) is 13.1 Å². The quantitative estimate of drug-likeness (QED) is 0.525. The van der Waals surface area contributed by atoms with Crippen LogP contribution in [-0.2, 0) is 17.5 Å². The van der Waals surface area contributed by atoms with Crippen LogP contribution in [0.5, 0.6) is 0 Å². The topological polar surface area (TPSA) is 36.7 Å². The van der Waals surface area contributed by atoms with E-state index in [2.05, 4.69) is 45.3 Å². The highest BCUT2D eigenvalue weighted by Crippen LogP contribution is 2.35. The molecule has 1 aromatic rings. The van der Waals surface area contributed by atoms with Crippen molar-refractivity contribution in [2.45, 2.75) is 63.4 Å². The summed E-state index contributed by atoms with van der Waals surface area (Å²) >= 11 is 0. The number of likely N-dealkylation sites (tertiary alicyclic amines) is 1. The molecule has 27 heavy (non-hydrogen) atoms. The summed E-state index contributed by atoms with van der Waals surface area (Å²) in [7, 11) is -1.26. The van der Waals surface area contributed by atoms with Crippen molar-refractivity contribution in [3.63, 3.8) is 0 Å². The number of benzene rings is 1. The van der Waals surface area contributed by atoms with E-state index < -0.39 is 21.4 Å². The van der Waals surface area contributed by atoms with Crippen LogP contribution in [0.4, 0.5) is 0 Å². The van der Waals surface area contributed by atoms with E-state index in [9.17, 15) is 4.21 Å². The number of hydrogen-bond acceptors (Lipinski definition) is 2. The summed E-state index contributed by atoms with van der Waals surface area (Å²) in [5, 5.41) is 0. The lowest BCUT2D eigenvalue weighted by molar-refractivity contribution is 0.131. The predicted octanol–water partition coefficient (Wildman–Crippen LogP) is 4.53. The molecule has 1 aliphatic rings. The van der Waals surface area contributed by atoms with Gasteiger partial charge < -0.3 is 0 Å². The van der Waals surface area contributed by atoms with Crippen LogP contribution in [0.25, 0.3) is 4.85 Å². The van der Waals surface area contributed by atoms with Crippen LogP contribution in [-0.4, -0.2) is 32.6 Å². The first-order chi connectivity index (χ1) is 12.8. The van der Waals surface area contributed by atoms with E-state index in [-0.39, 0.29) is 5.92 Å². The normalized spacial score (nSPS) is 19.8. The smallest absolute Gasteiger partial charge is 0.299 e. The van der Waals surface area contributed by atoms with Crippen LogP contribution in [0.3, 0.4) is 0 Å². The van der Waals surface area contributed by atoms with Gasteiger partial charge >= 0.3 is 0 Å². The number of allylic oxidation sites excluding steroid dienone is 1. The van der Waals surface area contributed by atoms with E-state index in [1.54, 1.807) is 0 Å². The molecule has 1 N–H and O–H groups in total. The minimum Gasteiger partial charge on any atom is -0.299 e. The summed E-state index contributed by atoms with van der Waals surface area (Å²) in [6.07, 6.45) is 5.15. The second-order valence-corrected chi connectivity index (χ2v) is 10.3. The second kappa shape index (κ2) is 9.64. The second-order valence-electron chi connectivity index (χ2n) is 8.38. The molecule has 148 valence electrons. The molecule has 0 aliphatic carbocycles. The van der Waals surface area contributed by atoms with Gasteiger partial charge in [0.15, 0.2) is 0 Å². The van der Waals surface area contributed by atoms with Crippen molar-refractivity contribution in [3.8, 4) is 0 Å². The third kappa shape index (κ3) is 6.00. The average Bonchev–Trinajstić information content (AvgIpc) is 2.66. The fourth-order valence-electron chi connectivity index (χ4n) is 3.55. The molecule has 0 spiro atoms. The number of hydrogen-bond donors (Lipinski definition) is 1. The summed E-state index contributed by atoms with van der Waals surface area (Å²) in [4.78, 5) is 6.48. The summed E-state index contributed by atoms with van der Waals surface area (Å²) in [6.45, 7) is 20.5. The SMILES string of the molecule is [C-]#[N+]C(CCC=C)(N[S@](=O)C(C)(C)C)C1CCN(Cc2ccccc2)CC1. The van der Waals surface area contributed by atoms with Gasteiger partial charge in [-0.2, -0.15) is 4.72 Å². The van der Waals surface area contributed by atoms with Crippen LogP contribution >= 0.6 is 0 Å². The van der Waals surface area contributed by atoms with Crippen LogP contribution in [0, 0.1) is 12.5 Å². The Bertz CT molecular complexity index is 669. The van der Waals surface area contributed by atoms with E-state index in [1.807, 2.05) is 32.9 Å². The molecule has 0 saturated carbocycles. The van der Waals surface area contributed by atoms with E-state index in [0.717, 1.165) is 38.9 Å². The molecule has 1 heterocycles. The molecular weight excluding hydrogens is 354 g/mol. The van der Waals surface area contributed by atoms with Crippen molar-refractivity contribution >= 4 is 11.0 Å². The Hall–Kier alpha value is -1.48. The largest absolute Gasteiger partial charge is 0.299 e. The van der Waals surface area contributed by atoms with Gasteiger partial charge in [0.1, 0.15) is 11.0 Å². The first-order valence-electron chi connectivity index (χ1n) is 9.76. The molecule has 1 aliphatic heterocycles. The molecule has 5 heteroatoms. The number of nitrogens with one attached hydrogen (secondary N) is 1. The average molecular weight is 388 g/mol. The molecule has 0 bridgehead atoms. The highest BCUT2D eigenvalue weighted by Gasteiger charge is 2.48. The van der Waals surface area contributed by atoms with Gasteiger partial charge in [-0.05, 0) is 58.7 Å². The Balaban J connectivity index is 2.07. The van der Waals surface area contributed by atoms with E-state index in [1.165, 1.54) is 5.56 Å². The molecule has 0 radical (unpaired) electrons. The van der Waals surface area contributed by atoms with Crippen LogP contribution in [0.1, 0.15) is 52.0 Å². The molecule has 1 saturated heterocycles. The van der Waals surface area contributed by atoms with Crippen LogP contribution in [0.15, 0.2) is 43.0 Å². The fourth-order valence-corrected chi connectivity index (χ4v) is 4.50. The predicted molar refractivity (Wildman–Crippen MR) is 114 cm³/mol. The van der Waals surface area contributed by atoms with Crippen LogP contribution < -0.4 is 4.72 Å². The van der Waals surface area contributed by atoms with Crippen molar-refractivity contribution in [1.82, 2.24) is 9.62 Å². The van der Waals surface area contributed by atoms with Crippen molar-refractivity contribution in [1.29, 1.82) is 0 Å². The highest BCUT2D eigenvalue weighted by atomic mass is 32.2. The van der Waals surface area contributed by atoms with Gasteiger partial charge in [-0.3, -0.25) is 9.74 Å². The van der Waals surface area contributed by atoms with E-state index in [4.69, 9.17) is 6.57 Å². The van der Waals surface area contributed by atoms with Gasteiger partial charge in [-0.15, -0.1) is 6.58 Å². The summed E-state index contributed by atoms with van der Waals surface area (Å²) < 4.78 is 15.6. The first-order valence-corrected chi connectivity index (χ1v) is 10.9. The third-order valence-electron chi connectivity index (χ3n) is 5.27. The van der Waals surface area contributed by atoms with Crippen molar-refractivity contribution in [3.05, 3.63) is 60.0 Å². The third-order valence-corrected chi connectivity index (χ3v) is 6.92. The molecule has 1 fully saturated rings. The zero-order valence-corrected chi connectivity index (χ0v) is 17.7. The zero-order valence-electron chi connectivity index (χ0n) is 16.9. The standard InChI is InChI=1S/C22H33N3OS/c1-6-7-15-22(23-5,24-27(26)21(2,3)4)20-13-16-25(17-14-20)18-19-11-9-8-10-12-19/h6,8-12,20,24H,1,7,13-18H2,2-4H3/t22?,27-/m1/s1.